The lowest BCUT2D eigenvalue weighted by Gasteiger charge is -2.05. The highest BCUT2D eigenvalue weighted by atomic mass is 19.4. The van der Waals surface area contributed by atoms with Crippen molar-refractivity contribution < 1.29 is 36.2 Å². The van der Waals surface area contributed by atoms with Gasteiger partial charge in [-0.25, -0.2) is 9.97 Å². The second kappa shape index (κ2) is 8.03. The van der Waals surface area contributed by atoms with Gasteiger partial charge in [0.05, 0.1) is 31.9 Å². The zero-order valence-corrected chi connectivity index (χ0v) is 16.1. The number of hydrogen-bond donors (Lipinski definition) is 1. The van der Waals surface area contributed by atoms with Gasteiger partial charge in [-0.15, -0.1) is 0 Å². The fourth-order valence-electron chi connectivity index (χ4n) is 2.79. The van der Waals surface area contributed by atoms with Gasteiger partial charge in [0.1, 0.15) is 0 Å². The number of benzene rings is 2. The molecule has 4 rings (SSSR count). The SMILES string of the molecule is Cn1c(C(F)(F)F)nc2ccc([N+](=O)[O-])cc21.O=[N+]([O-])c1ccc2[nH]c(C(F)(F)F)nc2c1. The predicted molar refractivity (Wildman–Crippen MR) is 100 cm³/mol. The molecule has 0 spiro atoms. The fraction of sp³-hybridized carbons (Fsp3) is 0.176. The smallest absolute Gasteiger partial charge is 0.334 e. The summed E-state index contributed by atoms with van der Waals surface area (Å²) < 4.78 is 75.2. The number of halogens is 6. The Balaban J connectivity index is 0.000000186. The van der Waals surface area contributed by atoms with Crippen LogP contribution in [-0.2, 0) is 19.4 Å². The van der Waals surface area contributed by atoms with Crippen LogP contribution in [0.4, 0.5) is 37.7 Å². The third kappa shape index (κ3) is 4.83. The van der Waals surface area contributed by atoms with Crippen LogP contribution in [0, 0.1) is 20.2 Å². The molecule has 0 radical (unpaired) electrons. The summed E-state index contributed by atoms with van der Waals surface area (Å²) >= 11 is 0. The Hall–Kier alpha value is -4.24. The molecule has 10 nitrogen and oxygen atoms in total. The van der Waals surface area contributed by atoms with Gasteiger partial charge in [-0.1, -0.05) is 0 Å². The number of fused-ring (bicyclic) bond motifs is 2. The Kier molecular flexibility index (Phi) is 5.70. The zero-order chi connectivity index (χ0) is 24.7. The van der Waals surface area contributed by atoms with E-state index in [2.05, 4.69) is 9.97 Å². The van der Waals surface area contributed by atoms with E-state index in [0.29, 0.717) is 0 Å². The summed E-state index contributed by atoms with van der Waals surface area (Å²) in [6.45, 7) is 0. The fourth-order valence-corrected chi connectivity index (χ4v) is 2.79. The van der Waals surface area contributed by atoms with E-state index < -0.39 is 33.8 Å². The van der Waals surface area contributed by atoms with Crippen molar-refractivity contribution in [3.05, 3.63) is 68.3 Å². The van der Waals surface area contributed by atoms with Gasteiger partial charge in [0, 0.05) is 31.3 Å². The summed E-state index contributed by atoms with van der Waals surface area (Å²) in [5.74, 6) is -2.24. The summed E-state index contributed by atoms with van der Waals surface area (Å²) in [5, 5.41) is 20.9. The molecular weight excluding hydrogens is 466 g/mol. The maximum absolute atomic E-state index is 12.5. The van der Waals surface area contributed by atoms with Gasteiger partial charge in [-0.2, -0.15) is 26.3 Å². The molecule has 2 heterocycles. The van der Waals surface area contributed by atoms with Crippen LogP contribution in [0.5, 0.6) is 0 Å². The number of nitro benzene ring substituents is 2. The molecule has 16 heteroatoms. The lowest BCUT2D eigenvalue weighted by molar-refractivity contribution is -0.384. The summed E-state index contributed by atoms with van der Waals surface area (Å²) in [5.41, 5.74) is -0.390. The first-order valence-electron chi connectivity index (χ1n) is 8.58. The number of alkyl halides is 6. The third-order valence-electron chi connectivity index (χ3n) is 4.27. The van der Waals surface area contributed by atoms with E-state index in [0.717, 1.165) is 28.8 Å². The highest BCUT2D eigenvalue weighted by Crippen LogP contribution is 2.32. The second-order valence-corrected chi connectivity index (χ2v) is 6.46. The molecule has 174 valence electrons. The van der Waals surface area contributed by atoms with E-state index >= 15 is 0 Å². The van der Waals surface area contributed by atoms with Crippen LogP contribution in [0.15, 0.2) is 36.4 Å². The molecule has 2 aromatic carbocycles. The van der Waals surface area contributed by atoms with Gasteiger partial charge in [-0.3, -0.25) is 20.2 Å². The van der Waals surface area contributed by atoms with Crippen molar-refractivity contribution in [3.63, 3.8) is 0 Å². The van der Waals surface area contributed by atoms with Crippen LogP contribution >= 0.6 is 0 Å². The van der Waals surface area contributed by atoms with Crippen molar-refractivity contribution in [2.75, 3.05) is 0 Å². The van der Waals surface area contributed by atoms with Crippen LogP contribution in [0.25, 0.3) is 22.1 Å². The largest absolute Gasteiger partial charge is 0.449 e. The van der Waals surface area contributed by atoms with E-state index in [1.165, 1.54) is 19.2 Å². The Labute approximate surface area is 177 Å². The van der Waals surface area contributed by atoms with E-state index in [4.69, 9.17) is 0 Å². The van der Waals surface area contributed by atoms with E-state index in [1.807, 2.05) is 4.98 Å². The zero-order valence-electron chi connectivity index (χ0n) is 16.1. The molecule has 0 aliphatic carbocycles. The number of imidazole rings is 2. The molecule has 0 unspecified atom stereocenters. The maximum atomic E-state index is 12.5. The number of aromatic nitrogens is 4. The minimum Gasteiger partial charge on any atom is -0.334 e. The first-order valence-corrected chi connectivity index (χ1v) is 8.58. The van der Waals surface area contributed by atoms with Crippen molar-refractivity contribution in [1.29, 1.82) is 0 Å². The number of non-ortho nitro benzene ring substituents is 2. The molecule has 0 fully saturated rings. The van der Waals surface area contributed by atoms with Gasteiger partial charge in [0.2, 0.25) is 11.6 Å². The molecule has 0 amide bonds. The Morgan fingerprint density at radius 2 is 1.42 bits per heavy atom. The summed E-state index contributed by atoms with van der Waals surface area (Å²) in [4.78, 5) is 28.2. The second-order valence-electron chi connectivity index (χ2n) is 6.46. The van der Waals surface area contributed by atoms with Crippen LogP contribution in [0.2, 0.25) is 0 Å². The Bertz CT molecular complexity index is 1370. The standard InChI is InChI=1S/C9H6F3N3O2.C8H4F3N3O2/c1-14-7-4-5(15(16)17)2-3-6(7)13-8(14)9(10,11)12;9-8(10,11)7-12-5-2-1-4(14(15)16)3-6(5)13-7/h2-4H,1H3;1-3H,(H,12,13). The number of aryl methyl sites for hydroxylation is 1. The normalized spacial score (nSPS) is 12.0. The quantitative estimate of drug-likeness (QED) is 0.246. The number of nitrogens with zero attached hydrogens (tertiary/aromatic N) is 5. The van der Waals surface area contributed by atoms with Crippen LogP contribution in [0.3, 0.4) is 0 Å². The minimum absolute atomic E-state index is 0.0745. The highest BCUT2D eigenvalue weighted by Gasteiger charge is 2.37. The average Bonchev–Trinajstić information content (AvgIpc) is 3.28. The summed E-state index contributed by atoms with van der Waals surface area (Å²) in [7, 11) is 1.17. The number of nitrogens with one attached hydrogen (secondary N) is 1. The molecule has 0 aliphatic rings. The molecule has 0 saturated heterocycles. The van der Waals surface area contributed by atoms with Crippen LogP contribution in [-0.4, -0.2) is 29.4 Å². The molecular formula is C17H10F6N6O4. The number of aromatic amines is 1. The van der Waals surface area contributed by atoms with Crippen molar-refractivity contribution in [3.8, 4) is 0 Å². The molecule has 0 aliphatic heterocycles. The van der Waals surface area contributed by atoms with Crippen molar-refractivity contribution >= 4 is 33.4 Å². The molecule has 33 heavy (non-hydrogen) atoms. The van der Waals surface area contributed by atoms with Gasteiger partial charge in [-0.05, 0) is 12.1 Å². The topological polar surface area (TPSA) is 133 Å². The number of rotatable bonds is 2. The molecule has 1 N–H and O–H groups in total. The number of hydrogen-bond acceptors (Lipinski definition) is 6. The first-order chi connectivity index (χ1) is 15.2. The van der Waals surface area contributed by atoms with E-state index in [-0.39, 0.29) is 33.4 Å². The lowest BCUT2D eigenvalue weighted by Crippen LogP contribution is -2.12. The van der Waals surface area contributed by atoms with Crippen molar-refractivity contribution in [2.24, 2.45) is 7.05 Å². The number of nitro groups is 2. The van der Waals surface area contributed by atoms with Gasteiger partial charge in [0.25, 0.3) is 11.4 Å². The van der Waals surface area contributed by atoms with E-state index in [1.54, 1.807) is 0 Å². The average molecular weight is 476 g/mol. The molecule has 0 bridgehead atoms. The van der Waals surface area contributed by atoms with Crippen molar-refractivity contribution in [2.45, 2.75) is 12.4 Å². The summed E-state index contributed by atoms with van der Waals surface area (Å²) in [6, 6.07) is 6.67. The predicted octanol–water partition coefficient (Wildman–Crippen LogP) is 4.99. The highest BCUT2D eigenvalue weighted by molar-refractivity contribution is 5.79. The number of H-pyrrole nitrogens is 1. The van der Waals surface area contributed by atoms with E-state index in [9.17, 15) is 46.6 Å². The molecule has 4 aromatic rings. The molecule has 0 atom stereocenters. The van der Waals surface area contributed by atoms with Gasteiger partial charge >= 0.3 is 12.4 Å². The van der Waals surface area contributed by atoms with Crippen LogP contribution in [0.1, 0.15) is 11.6 Å². The Morgan fingerprint density at radius 3 is 1.97 bits per heavy atom. The molecule has 2 aromatic heterocycles. The first kappa shape index (κ1) is 23.4. The molecule has 0 saturated carbocycles. The lowest BCUT2D eigenvalue weighted by atomic mass is 10.3. The van der Waals surface area contributed by atoms with Gasteiger partial charge in [0.15, 0.2) is 0 Å². The third-order valence-corrected chi connectivity index (χ3v) is 4.27. The van der Waals surface area contributed by atoms with Crippen LogP contribution < -0.4 is 0 Å². The minimum atomic E-state index is -4.59. The van der Waals surface area contributed by atoms with Gasteiger partial charge < -0.3 is 9.55 Å². The monoisotopic (exact) mass is 476 g/mol. The van der Waals surface area contributed by atoms with Crippen molar-refractivity contribution in [1.82, 2.24) is 19.5 Å². The maximum Gasteiger partial charge on any atom is 0.449 e. The summed E-state index contributed by atoms with van der Waals surface area (Å²) in [6.07, 6.45) is -9.17. The Morgan fingerprint density at radius 1 is 0.848 bits per heavy atom.